The zero-order valence-corrected chi connectivity index (χ0v) is 13.9. The summed E-state index contributed by atoms with van der Waals surface area (Å²) in [7, 11) is -3.79. The molecule has 21 heavy (non-hydrogen) atoms. The molecule has 0 saturated heterocycles. The SMILES string of the molecule is CC(C)(C)[C@H](O)C[C@H](CO)NS(=O)(=O)c1cccc(Cl)c1. The van der Waals surface area contributed by atoms with Gasteiger partial charge < -0.3 is 10.2 Å². The fourth-order valence-electron chi connectivity index (χ4n) is 1.70. The minimum atomic E-state index is -3.79. The highest BCUT2D eigenvalue weighted by molar-refractivity contribution is 7.89. The normalized spacial score (nSPS) is 15.7. The first kappa shape index (κ1) is 18.4. The van der Waals surface area contributed by atoms with Crippen LogP contribution in [0.15, 0.2) is 29.2 Å². The summed E-state index contributed by atoms with van der Waals surface area (Å²) in [4.78, 5) is 0.0266. The number of hydrogen-bond acceptors (Lipinski definition) is 4. The molecule has 0 saturated carbocycles. The Bertz CT molecular complexity index is 569. The van der Waals surface area contributed by atoms with Crippen LogP contribution in [-0.2, 0) is 10.0 Å². The Balaban J connectivity index is 2.86. The Labute approximate surface area is 131 Å². The fraction of sp³-hybridized carbons (Fsp3) is 0.571. The topological polar surface area (TPSA) is 86.6 Å². The molecule has 120 valence electrons. The van der Waals surface area contributed by atoms with E-state index in [-0.39, 0.29) is 11.3 Å². The molecule has 0 bridgehead atoms. The molecule has 0 heterocycles. The van der Waals surface area contributed by atoms with Gasteiger partial charge >= 0.3 is 0 Å². The number of aliphatic hydroxyl groups is 2. The first-order valence-corrected chi connectivity index (χ1v) is 8.49. The number of sulfonamides is 1. The van der Waals surface area contributed by atoms with Crippen LogP contribution in [0.25, 0.3) is 0 Å². The second kappa shape index (κ2) is 7.07. The first-order chi connectivity index (χ1) is 9.56. The van der Waals surface area contributed by atoms with Crippen molar-refractivity contribution < 1.29 is 18.6 Å². The van der Waals surface area contributed by atoms with E-state index >= 15 is 0 Å². The lowest BCUT2D eigenvalue weighted by atomic mass is 9.86. The molecule has 0 radical (unpaired) electrons. The van der Waals surface area contributed by atoms with E-state index < -0.39 is 34.2 Å². The average molecular weight is 336 g/mol. The highest BCUT2D eigenvalue weighted by atomic mass is 35.5. The molecule has 0 aliphatic carbocycles. The summed E-state index contributed by atoms with van der Waals surface area (Å²) in [5.41, 5.74) is -0.394. The minimum absolute atomic E-state index is 0.0266. The lowest BCUT2D eigenvalue weighted by Crippen LogP contribution is -2.42. The zero-order chi connectivity index (χ0) is 16.3. The Morgan fingerprint density at radius 1 is 1.33 bits per heavy atom. The molecular weight excluding hydrogens is 314 g/mol. The predicted molar refractivity (Wildman–Crippen MR) is 82.7 cm³/mol. The summed E-state index contributed by atoms with van der Waals surface area (Å²) in [6.07, 6.45) is -0.614. The molecule has 0 spiro atoms. The van der Waals surface area contributed by atoms with Gasteiger partial charge in [-0.15, -0.1) is 0 Å². The average Bonchev–Trinajstić information content (AvgIpc) is 2.36. The van der Waals surface area contributed by atoms with Crippen molar-refractivity contribution >= 4 is 21.6 Å². The molecule has 0 fully saturated rings. The molecule has 0 aliphatic rings. The van der Waals surface area contributed by atoms with Gasteiger partial charge in [-0.3, -0.25) is 0 Å². The maximum absolute atomic E-state index is 12.2. The summed E-state index contributed by atoms with van der Waals surface area (Å²) in [6.45, 7) is 5.14. The van der Waals surface area contributed by atoms with Crippen molar-refractivity contribution in [2.24, 2.45) is 5.41 Å². The molecule has 0 amide bonds. The molecule has 2 atom stereocenters. The van der Waals surface area contributed by atoms with E-state index in [0.29, 0.717) is 5.02 Å². The monoisotopic (exact) mass is 335 g/mol. The maximum atomic E-state index is 12.2. The van der Waals surface area contributed by atoms with Gasteiger partial charge in [0.2, 0.25) is 10.0 Å². The van der Waals surface area contributed by atoms with Crippen LogP contribution in [0.4, 0.5) is 0 Å². The van der Waals surface area contributed by atoms with Crippen molar-refractivity contribution in [1.29, 1.82) is 0 Å². The third-order valence-corrected chi connectivity index (χ3v) is 4.91. The standard InChI is InChI=1S/C14H22ClNO4S/c1-14(2,3)13(18)8-11(9-17)16-21(19,20)12-6-4-5-10(15)7-12/h4-7,11,13,16-18H,8-9H2,1-3H3/t11-,13-/m1/s1. The van der Waals surface area contributed by atoms with Crippen molar-refractivity contribution in [3.8, 4) is 0 Å². The van der Waals surface area contributed by atoms with Gasteiger partial charge in [0.15, 0.2) is 0 Å². The molecule has 3 N–H and O–H groups in total. The van der Waals surface area contributed by atoms with Crippen LogP contribution in [-0.4, -0.2) is 37.4 Å². The van der Waals surface area contributed by atoms with Gasteiger partial charge in [-0.05, 0) is 30.0 Å². The van der Waals surface area contributed by atoms with Crippen LogP contribution in [0.1, 0.15) is 27.2 Å². The lowest BCUT2D eigenvalue weighted by Gasteiger charge is -2.29. The zero-order valence-electron chi connectivity index (χ0n) is 12.4. The number of rotatable bonds is 6. The van der Waals surface area contributed by atoms with Gasteiger partial charge in [-0.2, -0.15) is 0 Å². The van der Waals surface area contributed by atoms with E-state index in [1.54, 1.807) is 6.07 Å². The minimum Gasteiger partial charge on any atom is -0.395 e. The molecule has 0 aromatic heterocycles. The maximum Gasteiger partial charge on any atom is 0.240 e. The Morgan fingerprint density at radius 2 is 1.95 bits per heavy atom. The van der Waals surface area contributed by atoms with E-state index in [4.69, 9.17) is 11.6 Å². The second-order valence-corrected chi connectivity index (χ2v) is 8.23. The van der Waals surface area contributed by atoms with E-state index in [9.17, 15) is 18.6 Å². The molecule has 1 aromatic rings. The van der Waals surface area contributed by atoms with Crippen LogP contribution in [0.3, 0.4) is 0 Å². The third kappa shape index (κ3) is 5.56. The lowest BCUT2D eigenvalue weighted by molar-refractivity contribution is 0.0420. The second-order valence-electron chi connectivity index (χ2n) is 6.08. The highest BCUT2D eigenvalue weighted by Crippen LogP contribution is 2.23. The third-order valence-electron chi connectivity index (χ3n) is 3.16. The summed E-state index contributed by atoms with van der Waals surface area (Å²) >= 11 is 5.78. The molecular formula is C14H22ClNO4S. The van der Waals surface area contributed by atoms with Crippen molar-refractivity contribution in [2.45, 2.75) is 44.2 Å². The van der Waals surface area contributed by atoms with Gasteiger partial charge in [0.25, 0.3) is 0 Å². The number of halogens is 1. The molecule has 5 nitrogen and oxygen atoms in total. The van der Waals surface area contributed by atoms with Crippen LogP contribution >= 0.6 is 11.6 Å². The van der Waals surface area contributed by atoms with Gasteiger partial charge in [-0.25, -0.2) is 13.1 Å². The summed E-state index contributed by atoms with van der Waals surface area (Å²) in [6, 6.07) is 5.10. The number of benzene rings is 1. The van der Waals surface area contributed by atoms with Crippen molar-refractivity contribution in [3.63, 3.8) is 0 Å². The number of nitrogens with one attached hydrogen (secondary N) is 1. The van der Waals surface area contributed by atoms with E-state index in [1.807, 2.05) is 20.8 Å². The van der Waals surface area contributed by atoms with Crippen LogP contribution in [0.5, 0.6) is 0 Å². The van der Waals surface area contributed by atoms with Gasteiger partial charge in [-0.1, -0.05) is 38.4 Å². The quantitative estimate of drug-likeness (QED) is 0.739. The van der Waals surface area contributed by atoms with Crippen LogP contribution in [0, 0.1) is 5.41 Å². The smallest absolute Gasteiger partial charge is 0.240 e. The molecule has 0 aliphatic heterocycles. The van der Waals surface area contributed by atoms with Crippen molar-refractivity contribution in [2.75, 3.05) is 6.61 Å². The molecule has 0 unspecified atom stereocenters. The highest BCUT2D eigenvalue weighted by Gasteiger charge is 2.28. The Kier molecular flexibility index (Phi) is 6.19. The predicted octanol–water partition coefficient (Wildman–Crippen LogP) is 1.78. The first-order valence-electron chi connectivity index (χ1n) is 6.63. The van der Waals surface area contributed by atoms with Gasteiger partial charge in [0, 0.05) is 11.1 Å². The van der Waals surface area contributed by atoms with E-state index in [2.05, 4.69) is 4.72 Å². The van der Waals surface area contributed by atoms with E-state index in [0.717, 1.165) is 0 Å². The fourth-order valence-corrected chi connectivity index (χ4v) is 3.25. The van der Waals surface area contributed by atoms with Crippen molar-refractivity contribution in [3.05, 3.63) is 29.3 Å². The summed E-state index contributed by atoms with van der Waals surface area (Å²) in [5, 5.41) is 19.7. The van der Waals surface area contributed by atoms with E-state index in [1.165, 1.54) is 18.2 Å². The largest absolute Gasteiger partial charge is 0.395 e. The Morgan fingerprint density at radius 3 is 2.43 bits per heavy atom. The summed E-state index contributed by atoms with van der Waals surface area (Å²) in [5.74, 6) is 0. The number of hydrogen-bond donors (Lipinski definition) is 3. The number of aliphatic hydroxyl groups excluding tert-OH is 2. The summed E-state index contributed by atoms with van der Waals surface area (Å²) < 4.78 is 26.8. The van der Waals surface area contributed by atoms with Gasteiger partial charge in [0.05, 0.1) is 17.6 Å². The molecule has 7 heteroatoms. The molecule has 1 aromatic carbocycles. The van der Waals surface area contributed by atoms with Crippen LogP contribution < -0.4 is 4.72 Å². The Hall–Kier alpha value is -0.660. The molecule has 1 rings (SSSR count). The van der Waals surface area contributed by atoms with Crippen molar-refractivity contribution in [1.82, 2.24) is 4.72 Å². The van der Waals surface area contributed by atoms with Crippen LogP contribution in [0.2, 0.25) is 5.02 Å². The van der Waals surface area contributed by atoms with Gasteiger partial charge in [0.1, 0.15) is 0 Å².